The van der Waals surface area contributed by atoms with E-state index in [0.717, 1.165) is 11.1 Å². The quantitative estimate of drug-likeness (QED) is 0.848. The average Bonchev–Trinajstić information content (AvgIpc) is 2.42. The normalized spacial score (nSPS) is 12.3. The number of ether oxygens (including phenoxy) is 1. The maximum atomic E-state index is 9.93. The van der Waals surface area contributed by atoms with Crippen LogP contribution in [0.2, 0.25) is 0 Å². The molecule has 0 aliphatic heterocycles. The fraction of sp³-hybridized carbons (Fsp3) is 0.200. The second-order valence-corrected chi connectivity index (χ2v) is 4.01. The van der Waals surface area contributed by atoms with Gasteiger partial charge in [-0.05, 0) is 11.6 Å². The maximum Gasteiger partial charge on any atom is 0.121 e. The first-order valence-electron chi connectivity index (χ1n) is 5.97. The van der Waals surface area contributed by atoms with Crippen LogP contribution in [0.3, 0.4) is 0 Å². The predicted molar refractivity (Wildman–Crippen MR) is 71.4 cm³/mol. The van der Waals surface area contributed by atoms with Crippen molar-refractivity contribution in [2.75, 3.05) is 13.2 Å². The van der Waals surface area contributed by atoms with Gasteiger partial charge in [-0.25, -0.2) is 0 Å². The van der Waals surface area contributed by atoms with E-state index >= 15 is 0 Å². The van der Waals surface area contributed by atoms with Gasteiger partial charge in [0, 0.05) is 12.1 Å². The van der Waals surface area contributed by atoms with Crippen molar-refractivity contribution in [2.45, 2.75) is 6.10 Å². The van der Waals surface area contributed by atoms with E-state index in [0.29, 0.717) is 13.2 Å². The summed E-state index contributed by atoms with van der Waals surface area (Å²) < 4.78 is 5.76. The predicted octanol–water partition coefficient (Wildman–Crippen LogP) is 2.46. The van der Waals surface area contributed by atoms with Crippen LogP contribution in [0.4, 0.5) is 0 Å². The zero-order valence-corrected chi connectivity index (χ0v) is 10.1. The third-order valence-corrected chi connectivity index (χ3v) is 2.72. The highest BCUT2D eigenvalue weighted by Gasteiger charge is 2.17. The highest BCUT2D eigenvalue weighted by molar-refractivity contribution is 5.39. The number of phenolic OH excluding ortho intramolecular Hbond substituents is 1. The van der Waals surface area contributed by atoms with Gasteiger partial charge >= 0.3 is 0 Å². The number of aromatic hydroxyl groups is 1. The topological polar surface area (TPSA) is 55.5 Å². The molecule has 0 heterocycles. The number of rotatable bonds is 5. The van der Waals surface area contributed by atoms with Crippen molar-refractivity contribution in [2.24, 2.45) is 5.73 Å². The van der Waals surface area contributed by atoms with Crippen LogP contribution in [-0.4, -0.2) is 18.3 Å². The van der Waals surface area contributed by atoms with Gasteiger partial charge in [0.05, 0.1) is 6.61 Å². The average molecular weight is 243 g/mol. The number of phenols is 1. The minimum atomic E-state index is -0.282. The van der Waals surface area contributed by atoms with Gasteiger partial charge < -0.3 is 15.6 Å². The molecule has 0 bridgehead atoms. The second kappa shape index (κ2) is 6.19. The van der Waals surface area contributed by atoms with Gasteiger partial charge in [-0.1, -0.05) is 48.5 Å². The Labute approximate surface area is 107 Å². The van der Waals surface area contributed by atoms with E-state index in [1.165, 1.54) is 0 Å². The Kier molecular flexibility index (Phi) is 4.34. The molecule has 2 aromatic rings. The molecule has 0 aliphatic rings. The fourth-order valence-electron chi connectivity index (χ4n) is 1.89. The summed E-state index contributed by atoms with van der Waals surface area (Å²) in [4.78, 5) is 0. The van der Waals surface area contributed by atoms with E-state index in [2.05, 4.69) is 0 Å². The summed E-state index contributed by atoms with van der Waals surface area (Å²) in [5.41, 5.74) is 7.25. The van der Waals surface area contributed by atoms with Gasteiger partial charge in [-0.15, -0.1) is 0 Å². The van der Waals surface area contributed by atoms with Crippen LogP contribution in [-0.2, 0) is 4.74 Å². The first kappa shape index (κ1) is 12.6. The van der Waals surface area contributed by atoms with Gasteiger partial charge in [0.15, 0.2) is 0 Å². The Hall–Kier alpha value is -1.84. The summed E-state index contributed by atoms with van der Waals surface area (Å²) in [7, 11) is 0. The van der Waals surface area contributed by atoms with E-state index in [1.807, 2.05) is 42.5 Å². The standard InChI is InChI=1S/C15H17NO2/c16-10-11-18-15(12-6-2-1-3-7-12)13-8-4-5-9-14(13)17/h1-9,15,17H,10-11,16H2. The molecule has 94 valence electrons. The Morgan fingerprint density at radius 2 is 1.67 bits per heavy atom. The largest absolute Gasteiger partial charge is 0.508 e. The zero-order valence-electron chi connectivity index (χ0n) is 10.1. The fourth-order valence-corrected chi connectivity index (χ4v) is 1.89. The minimum Gasteiger partial charge on any atom is -0.508 e. The van der Waals surface area contributed by atoms with Crippen LogP contribution in [0.1, 0.15) is 17.2 Å². The molecule has 0 spiro atoms. The Balaban J connectivity index is 2.34. The van der Waals surface area contributed by atoms with Crippen LogP contribution in [0.25, 0.3) is 0 Å². The summed E-state index contributed by atoms with van der Waals surface area (Å²) in [5.74, 6) is 0.239. The highest BCUT2D eigenvalue weighted by Crippen LogP contribution is 2.31. The van der Waals surface area contributed by atoms with Crippen molar-refractivity contribution in [1.82, 2.24) is 0 Å². The summed E-state index contributed by atoms with van der Waals surface area (Å²) in [6, 6.07) is 17.0. The van der Waals surface area contributed by atoms with Gasteiger partial charge in [0.25, 0.3) is 0 Å². The summed E-state index contributed by atoms with van der Waals surface area (Å²) in [6.45, 7) is 0.908. The number of para-hydroxylation sites is 1. The SMILES string of the molecule is NCCOC(c1ccccc1)c1ccccc1O. The number of nitrogens with two attached hydrogens (primary N) is 1. The van der Waals surface area contributed by atoms with Gasteiger partial charge in [-0.2, -0.15) is 0 Å². The van der Waals surface area contributed by atoms with E-state index < -0.39 is 0 Å². The molecule has 2 rings (SSSR count). The molecule has 3 nitrogen and oxygen atoms in total. The third kappa shape index (κ3) is 2.88. The van der Waals surface area contributed by atoms with Gasteiger partial charge in [0.2, 0.25) is 0 Å². The molecular formula is C15H17NO2. The Bertz CT molecular complexity index is 485. The van der Waals surface area contributed by atoms with Gasteiger partial charge in [0.1, 0.15) is 11.9 Å². The zero-order chi connectivity index (χ0) is 12.8. The van der Waals surface area contributed by atoms with Crippen molar-refractivity contribution in [3.63, 3.8) is 0 Å². The van der Waals surface area contributed by atoms with Crippen molar-refractivity contribution in [3.05, 3.63) is 65.7 Å². The molecule has 0 fully saturated rings. The second-order valence-electron chi connectivity index (χ2n) is 4.01. The lowest BCUT2D eigenvalue weighted by Crippen LogP contribution is -2.13. The maximum absolute atomic E-state index is 9.93. The molecule has 0 aliphatic carbocycles. The lowest BCUT2D eigenvalue weighted by molar-refractivity contribution is 0.0847. The van der Waals surface area contributed by atoms with E-state index in [-0.39, 0.29) is 11.9 Å². The number of hydrogen-bond donors (Lipinski definition) is 2. The minimum absolute atomic E-state index is 0.239. The molecule has 0 radical (unpaired) electrons. The first-order valence-corrected chi connectivity index (χ1v) is 5.97. The molecular weight excluding hydrogens is 226 g/mol. The van der Waals surface area contributed by atoms with Crippen molar-refractivity contribution >= 4 is 0 Å². The van der Waals surface area contributed by atoms with Crippen molar-refractivity contribution in [3.8, 4) is 5.75 Å². The molecule has 3 N–H and O–H groups in total. The molecule has 0 saturated carbocycles. The Morgan fingerprint density at radius 3 is 2.33 bits per heavy atom. The van der Waals surface area contributed by atoms with Crippen LogP contribution >= 0.6 is 0 Å². The molecule has 1 unspecified atom stereocenters. The lowest BCUT2D eigenvalue weighted by Gasteiger charge is -2.19. The van der Waals surface area contributed by atoms with E-state index in [9.17, 15) is 5.11 Å². The third-order valence-electron chi connectivity index (χ3n) is 2.72. The highest BCUT2D eigenvalue weighted by atomic mass is 16.5. The number of benzene rings is 2. The first-order chi connectivity index (χ1) is 8.83. The summed E-state index contributed by atoms with van der Waals surface area (Å²) >= 11 is 0. The Morgan fingerprint density at radius 1 is 1.00 bits per heavy atom. The summed E-state index contributed by atoms with van der Waals surface area (Å²) in [6.07, 6.45) is -0.282. The van der Waals surface area contributed by atoms with Crippen molar-refractivity contribution < 1.29 is 9.84 Å². The van der Waals surface area contributed by atoms with Crippen LogP contribution < -0.4 is 5.73 Å². The monoisotopic (exact) mass is 243 g/mol. The molecule has 1 atom stereocenters. The van der Waals surface area contributed by atoms with E-state index in [4.69, 9.17) is 10.5 Å². The number of hydrogen-bond acceptors (Lipinski definition) is 3. The molecule has 0 aromatic heterocycles. The van der Waals surface area contributed by atoms with Crippen LogP contribution in [0, 0.1) is 0 Å². The molecule has 18 heavy (non-hydrogen) atoms. The molecule has 3 heteroatoms. The van der Waals surface area contributed by atoms with Gasteiger partial charge in [-0.3, -0.25) is 0 Å². The van der Waals surface area contributed by atoms with E-state index in [1.54, 1.807) is 12.1 Å². The summed E-state index contributed by atoms with van der Waals surface area (Å²) in [5, 5.41) is 9.93. The van der Waals surface area contributed by atoms with Crippen LogP contribution in [0.15, 0.2) is 54.6 Å². The van der Waals surface area contributed by atoms with Crippen molar-refractivity contribution in [1.29, 1.82) is 0 Å². The van der Waals surface area contributed by atoms with Crippen LogP contribution in [0.5, 0.6) is 5.75 Å². The smallest absolute Gasteiger partial charge is 0.121 e. The molecule has 2 aromatic carbocycles. The molecule has 0 amide bonds. The molecule has 0 saturated heterocycles. The lowest BCUT2D eigenvalue weighted by atomic mass is 10.0.